The maximum atomic E-state index is 13.6. The first-order valence-electron chi connectivity index (χ1n) is 5.39. The molecule has 110 valence electrons. The van der Waals surface area contributed by atoms with E-state index in [-0.39, 0.29) is 0 Å². The molecule has 0 spiro atoms. The Morgan fingerprint density at radius 1 is 0.900 bits per heavy atom. The van der Waals surface area contributed by atoms with Crippen molar-refractivity contribution in [2.75, 3.05) is 0 Å². The summed E-state index contributed by atoms with van der Waals surface area (Å²) in [5.41, 5.74) is -3.85. The molecule has 20 heavy (non-hydrogen) atoms. The van der Waals surface area contributed by atoms with Gasteiger partial charge in [-0.15, -0.1) is 0 Å². The van der Waals surface area contributed by atoms with Crippen LogP contribution in [0.4, 0.5) is 17.6 Å². The Labute approximate surface area is 111 Å². The number of aromatic carboxylic acids is 1. The minimum Gasteiger partial charge on any atom is -0.478 e. The van der Waals surface area contributed by atoms with Gasteiger partial charge in [0, 0.05) is 5.54 Å². The zero-order valence-corrected chi connectivity index (χ0v) is 10.8. The van der Waals surface area contributed by atoms with Crippen molar-refractivity contribution >= 4 is 11.9 Å². The van der Waals surface area contributed by atoms with E-state index in [2.05, 4.69) is 5.32 Å². The lowest BCUT2D eigenvalue weighted by Gasteiger charge is -2.21. The highest BCUT2D eigenvalue weighted by Gasteiger charge is 2.33. The van der Waals surface area contributed by atoms with Crippen LogP contribution in [0.15, 0.2) is 0 Å². The molecule has 0 heterocycles. The van der Waals surface area contributed by atoms with Crippen LogP contribution in [0.25, 0.3) is 0 Å². The number of nitrogens with one attached hydrogen (secondary N) is 1. The molecule has 0 aliphatic heterocycles. The minimum atomic E-state index is -2.28. The average molecular weight is 293 g/mol. The van der Waals surface area contributed by atoms with Crippen LogP contribution in [0.2, 0.25) is 0 Å². The third-order valence-electron chi connectivity index (χ3n) is 2.20. The van der Waals surface area contributed by atoms with E-state index in [0.717, 1.165) is 0 Å². The zero-order valence-electron chi connectivity index (χ0n) is 10.8. The van der Waals surface area contributed by atoms with E-state index in [4.69, 9.17) is 5.11 Å². The van der Waals surface area contributed by atoms with Gasteiger partial charge < -0.3 is 10.4 Å². The average Bonchev–Trinajstić information content (AvgIpc) is 2.27. The van der Waals surface area contributed by atoms with Gasteiger partial charge >= 0.3 is 5.97 Å². The fourth-order valence-electron chi connectivity index (χ4n) is 1.45. The van der Waals surface area contributed by atoms with Crippen LogP contribution >= 0.6 is 0 Å². The Bertz CT molecular complexity index is 594. The van der Waals surface area contributed by atoms with E-state index in [1.165, 1.54) is 20.8 Å². The van der Waals surface area contributed by atoms with Crippen LogP contribution in [0.1, 0.15) is 41.5 Å². The molecule has 0 fully saturated rings. The number of carboxylic acid groups (broad SMARTS) is 1. The summed E-state index contributed by atoms with van der Waals surface area (Å²) in [5, 5.41) is 10.9. The number of benzene rings is 1. The Balaban J connectivity index is 3.60. The van der Waals surface area contributed by atoms with Crippen LogP contribution in [0, 0.1) is 23.3 Å². The number of hydrogen-bond acceptors (Lipinski definition) is 2. The Morgan fingerprint density at radius 2 is 1.30 bits per heavy atom. The molecule has 4 nitrogen and oxygen atoms in total. The molecule has 0 saturated carbocycles. The van der Waals surface area contributed by atoms with Gasteiger partial charge in [0.1, 0.15) is 5.56 Å². The number of carboxylic acids is 1. The molecule has 0 aliphatic carbocycles. The summed E-state index contributed by atoms with van der Waals surface area (Å²) >= 11 is 0. The SMILES string of the molecule is CC(C)(C)NC(=O)c1c(F)c(F)c(F)c(F)c1C(=O)O. The fourth-order valence-corrected chi connectivity index (χ4v) is 1.45. The van der Waals surface area contributed by atoms with Gasteiger partial charge in [0.15, 0.2) is 23.3 Å². The van der Waals surface area contributed by atoms with Gasteiger partial charge in [-0.2, -0.15) is 0 Å². The van der Waals surface area contributed by atoms with E-state index in [9.17, 15) is 27.2 Å². The first-order chi connectivity index (χ1) is 8.97. The summed E-state index contributed by atoms with van der Waals surface area (Å²) in [6.07, 6.45) is 0. The van der Waals surface area contributed by atoms with Crippen molar-refractivity contribution < 1.29 is 32.3 Å². The van der Waals surface area contributed by atoms with Crippen molar-refractivity contribution in [2.24, 2.45) is 0 Å². The number of carbonyl (C=O) groups is 2. The van der Waals surface area contributed by atoms with E-state index >= 15 is 0 Å². The second kappa shape index (κ2) is 5.10. The molecule has 1 amide bonds. The van der Waals surface area contributed by atoms with E-state index in [1.807, 2.05) is 0 Å². The van der Waals surface area contributed by atoms with Crippen molar-refractivity contribution in [3.63, 3.8) is 0 Å². The zero-order chi connectivity index (χ0) is 15.8. The Kier molecular flexibility index (Phi) is 4.07. The third-order valence-corrected chi connectivity index (χ3v) is 2.20. The van der Waals surface area contributed by atoms with Gasteiger partial charge in [-0.05, 0) is 20.8 Å². The summed E-state index contributed by atoms with van der Waals surface area (Å²) in [6.45, 7) is 4.46. The summed E-state index contributed by atoms with van der Waals surface area (Å²) in [5.74, 6) is -12.2. The quantitative estimate of drug-likeness (QED) is 0.500. The molecule has 1 aromatic carbocycles. The molecule has 8 heteroatoms. The monoisotopic (exact) mass is 293 g/mol. The molecule has 0 aromatic heterocycles. The van der Waals surface area contributed by atoms with Crippen LogP contribution in [-0.4, -0.2) is 22.5 Å². The largest absolute Gasteiger partial charge is 0.478 e. The first-order valence-corrected chi connectivity index (χ1v) is 5.39. The Hall–Kier alpha value is -2.12. The molecule has 1 aromatic rings. The minimum absolute atomic E-state index is 0.916. The van der Waals surface area contributed by atoms with Crippen LogP contribution in [0.5, 0.6) is 0 Å². The van der Waals surface area contributed by atoms with Gasteiger partial charge in [0.2, 0.25) is 0 Å². The van der Waals surface area contributed by atoms with Gasteiger partial charge in [-0.3, -0.25) is 4.79 Å². The van der Waals surface area contributed by atoms with Crippen molar-refractivity contribution in [1.82, 2.24) is 5.32 Å². The molecular formula is C12H11F4NO3. The van der Waals surface area contributed by atoms with Crippen LogP contribution in [0.3, 0.4) is 0 Å². The summed E-state index contributed by atoms with van der Waals surface area (Å²) < 4.78 is 53.1. The molecule has 0 unspecified atom stereocenters. The summed E-state index contributed by atoms with van der Waals surface area (Å²) in [4.78, 5) is 22.6. The summed E-state index contributed by atoms with van der Waals surface area (Å²) in [6, 6.07) is 0. The predicted octanol–water partition coefficient (Wildman–Crippen LogP) is 2.47. The number of carbonyl (C=O) groups excluding carboxylic acids is 1. The predicted molar refractivity (Wildman–Crippen MR) is 60.5 cm³/mol. The Morgan fingerprint density at radius 3 is 1.65 bits per heavy atom. The molecule has 0 aliphatic rings. The lowest BCUT2D eigenvalue weighted by atomic mass is 10.0. The van der Waals surface area contributed by atoms with Crippen molar-refractivity contribution in [3.05, 3.63) is 34.4 Å². The normalized spacial score (nSPS) is 11.3. The van der Waals surface area contributed by atoms with Gasteiger partial charge in [0.25, 0.3) is 5.91 Å². The topological polar surface area (TPSA) is 66.4 Å². The lowest BCUT2D eigenvalue weighted by molar-refractivity contribution is 0.0680. The second-order valence-electron chi connectivity index (χ2n) is 5.02. The fraction of sp³-hybridized carbons (Fsp3) is 0.333. The molecule has 0 bridgehead atoms. The van der Waals surface area contributed by atoms with Gasteiger partial charge in [-0.1, -0.05) is 0 Å². The highest BCUT2D eigenvalue weighted by atomic mass is 19.2. The first kappa shape index (κ1) is 15.9. The van der Waals surface area contributed by atoms with Gasteiger partial charge in [0.05, 0.1) is 5.56 Å². The number of hydrogen-bond donors (Lipinski definition) is 2. The molecule has 1 rings (SSSR count). The molecular weight excluding hydrogens is 282 g/mol. The van der Waals surface area contributed by atoms with Crippen molar-refractivity contribution in [1.29, 1.82) is 0 Å². The second-order valence-corrected chi connectivity index (χ2v) is 5.02. The highest BCUT2D eigenvalue weighted by Crippen LogP contribution is 2.24. The van der Waals surface area contributed by atoms with E-state index in [0.29, 0.717) is 0 Å². The van der Waals surface area contributed by atoms with Crippen molar-refractivity contribution in [2.45, 2.75) is 26.3 Å². The maximum absolute atomic E-state index is 13.6. The molecule has 0 radical (unpaired) electrons. The van der Waals surface area contributed by atoms with Crippen LogP contribution in [-0.2, 0) is 0 Å². The number of halogens is 4. The van der Waals surface area contributed by atoms with Crippen molar-refractivity contribution in [3.8, 4) is 0 Å². The van der Waals surface area contributed by atoms with Crippen LogP contribution < -0.4 is 5.32 Å². The molecule has 0 saturated heterocycles. The third kappa shape index (κ3) is 2.89. The lowest BCUT2D eigenvalue weighted by Crippen LogP contribution is -2.42. The van der Waals surface area contributed by atoms with Gasteiger partial charge in [-0.25, -0.2) is 22.4 Å². The summed E-state index contributed by atoms with van der Waals surface area (Å²) in [7, 11) is 0. The maximum Gasteiger partial charge on any atom is 0.339 e. The van der Waals surface area contributed by atoms with E-state index in [1.54, 1.807) is 0 Å². The standard InChI is InChI=1S/C12H11F4NO3/c1-12(2,3)17-10(18)4-5(11(19)20)7(14)9(16)8(15)6(4)13/h1-3H3,(H,17,18)(H,19,20). The number of amides is 1. The van der Waals surface area contributed by atoms with E-state index < -0.39 is 51.8 Å². The number of rotatable bonds is 2. The molecule has 2 N–H and O–H groups in total. The smallest absolute Gasteiger partial charge is 0.339 e. The highest BCUT2D eigenvalue weighted by molar-refractivity contribution is 6.05. The molecule has 0 atom stereocenters.